The largest absolute Gasteiger partial charge is 0.270 e. The van der Waals surface area contributed by atoms with Crippen LogP contribution in [0.15, 0.2) is 46.5 Å². The second-order valence-corrected chi connectivity index (χ2v) is 4.88. The van der Waals surface area contributed by atoms with E-state index in [0.29, 0.717) is 14.9 Å². The molecule has 1 aromatic heterocycles. The molecule has 0 saturated carbocycles. The Labute approximate surface area is 118 Å². The molecule has 0 saturated heterocycles. The fourth-order valence-electron chi connectivity index (χ4n) is 1.36. The van der Waals surface area contributed by atoms with E-state index in [0.717, 1.165) is 0 Å². The van der Waals surface area contributed by atoms with Crippen LogP contribution in [-0.2, 0) is 0 Å². The van der Waals surface area contributed by atoms with E-state index in [9.17, 15) is 10.1 Å². The molecule has 0 amide bonds. The van der Waals surface area contributed by atoms with E-state index in [1.165, 1.54) is 30.0 Å². The number of nitro groups is 1. The van der Waals surface area contributed by atoms with Crippen molar-refractivity contribution in [3.8, 4) is 6.07 Å². The molecule has 94 valence electrons. The van der Waals surface area contributed by atoms with Crippen molar-refractivity contribution in [3.05, 3.63) is 57.2 Å². The van der Waals surface area contributed by atoms with Gasteiger partial charge >= 0.3 is 0 Å². The van der Waals surface area contributed by atoms with Crippen LogP contribution in [0.1, 0.15) is 5.56 Å². The van der Waals surface area contributed by atoms with E-state index in [1.807, 2.05) is 6.07 Å². The van der Waals surface area contributed by atoms with E-state index in [-0.39, 0.29) is 11.3 Å². The summed E-state index contributed by atoms with van der Waals surface area (Å²) in [5.41, 5.74) is 0.105. The monoisotopic (exact) mass is 291 g/mol. The van der Waals surface area contributed by atoms with Crippen LogP contribution in [0.2, 0.25) is 5.02 Å². The van der Waals surface area contributed by atoms with Crippen LogP contribution in [0, 0.1) is 21.4 Å². The Morgan fingerprint density at radius 3 is 2.84 bits per heavy atom. The zero-order valence-electron chi connectivity index (χ0n) is 9.41. The summed E-state index contributed by atoms with van der Waals surface area (Å²) in [5, 5.41) is 20.7. The van der Waals surface area contributed by atoms with E-state index >= 15 is 0 Å². The van der Waals surface area contributed by atoms with Gasteiger partial charge in [0.05, 0.1) is 15.5 Å². The summed E-state index contributed by atoms with van der Waals surface area (Å²) in [4.78, 5) is 14.8. The Kier molecular flexibility index (Phi) is 4.00. The number of benzene rings is 1. The minimum atomic E-state index is -0.539. The third kappa shape index (κ3) is 3.02. The van der Waals surface area contributed by atoms with Gasteiger partial charge in [-0.25, -0.2) is 4.98 Å². The van der Waals surface area contributed by atoms with Crippen molar-refractivity contribution in [1.82, 2.24) is 4.98 Å². The minimum Gasteiger partial charge on any atom is -0.258 e. The lowest BCUT2D eigenvalue weighted by Gasteiger charge is -2.04. The van der Waals surface area contributed by atoms with Crippen molar-refractivity contribution in [2.45, 2.75) is 9.92 Å². The fraction of sp³-hybridized carbons (Fsp3) is 0. The number of nitrogens with zero attached hydrogens (tertiary/aromatic N) is 3. The molecule has 2 aromatic rings. The maximum Gasteiger partial charge on any atom is 0.270 e. The summed E-state index contributed by atoms with van der Waals surface area (Å²) in [7, 11) is 0. The number of non-ortho nitro benzene ring substituents is 1. The first-order valence-corrected chi connectivity index (χ1v) is 6.28. The van der Waals surface area contributed by atoms with Crippen molar-refractivity contribution < 1.29 is 4.92 Å². The number of rotatable bonds is 3. The zero-order valence-corrected chi connectivity index (χ0v) is 11.0. The quantitative estimate of drug-likeness (QED) is 0.637. The summed E-state index contributed by atoms with van der Waals surface area (Å²) >= 11 is 7.17. The Hall–Kier alpha value is -2.10. The van der Waals surface area contributed by atoms with Gasteiger partial charge in [0.25, 0.3) is 5.69 Å². The number of nitriles is 1. The molecular weight excluding hydrogens is 286 g/mol. The highest BCUT2D eigenvalue weighted by Gasteiger charge is 2.13. The van der Waals surface area contributed by atoms with Crippen molar-refractivity contribution in [2.24, 2.45) is 0 Å². The standard InChI is InChI=1S/C12H6ClN3O2S/c13-10-2-1-5-15-12(10)19-11-4-3-9(16(17)18)6-8(11)7-14/h1-6H. The molecule has 0 aliphatic carbocycles. The zero-order chi connectivity index (χ0) is 13.8. The second-order valence-electron chi connectivity index (χ2n) is 3.44. The Morgan fingerprint density at radius 1 is 1.42 bits per heavy atom. The maximum atomic E-state index is 10.6. The number of aromatic nitrogens is 1. The topological polar surface area (TPSA) is 79.8 Å². The number of hydrogen-bond acceptors (Lipinski definition) is 5. The Balaban J connectivity index is 2.39. The summed E-state index contributed by atoms with van der Waals surface area (Å²) < 4.78 is 0. The average molecular weight is 292 g/mol. The van der Waals surface area contributed by atoms with Gasteiger partial charge in [-0.15, -0.1) is 0 Å². The van der Waals surface area contributed by atoms with E-state index in [4.69, 9.17) is 16.9 Å². The third-order valence-corrected chi connectivity index (χ3v) is 3.74. The molecule has 7 heteroatoms. The lowest BCUT2D eigenvalue weighted by atomic mass is 10.2. The van der Waals surface area contributed by atoms with Gasteiger partial charge in [0, 0.05) is 23.2 Å². The van der Waals surface area contributed by atoms with Crippen LogP contribution in [-0.4, -0.2) is 9.91 Å². The predicted octanol–water partition coefficient (Wildman–Crippen LogP) is 3.67. The van der Waals surface area contributed by atoms with Crippen molar-refractivity contribution in [1.29, 1.82) is 5.26 Å². The fourth-order valence-corrected chi connectivity index (χ4v) is 2.43. The predicted molar refractivity (Wildman–Crippen MR) is 71.2 cm³/mol. The van der Waals surface area contributed by atoms with Gasteiger partial charge in [0.2, 0.25) is 0 Å². The lowest BCUT2D eigenvalue weighted by molar-refractivity contribution is -0.384. The lowest BCUT2D eigenvalue weighted by Crippen LogP contribution is -1.90. The molecule has 0 N–H and O–H groups in total. The SMILES string of the molecule is N#Cc1cc([N+](=O)[O-])ccc1Sc1ncccc1Cl. The van der Waals surface area contributed by atoms with Crippen molar-refractivity contribution in [2.75, 3.05) is 0 Å². The van der Waals surface area contributed by atoms with Crippen molar-refractivity contribution >= 4 is 29.1 Å². The first-order chi connectivity index (χ1) is 9.11. The normalized spacial score (nSPS) is 9.89. The molecule has 1 heterocycles. The average Bonchev–Trinajstić information content (AvgIpc) is 2.41. The summed E-state index contributed by atoms with van der Waals surface area (Å²) in [6, 6.07) is 9.43. The molecule has 0 fully saturated rings. The van der Waals surface area contributed by atoms with Crippen LogP contribution < -0.4 is 0 Å². The summed E-state index contributed by atoms with van der Waals surface area (Å²) in [5.74, 6) is 0. The third-order valence-electron chi connectivity index (χ3n) is 2.23. The molecule has 1 aromatic carbocycles. The molecule has 0 unspecified atom stereocenters. The highest BCUT2D eigenvalue weighted by atomic mass is 35.5. The van der Waals surface area contributed by atoms with Gasteiger partial charge in [-0.3, -0.25) is 10.1 Å². The Morgan fingerprint density at radius 2 is 2.21 bits per heavy atom. The first-order valence-electron chi connectivity index (χ1n) is 5.08. The molecule has 0 radical (unpaired) electrons. The molecule has 0 aliphatic heterocycles. The van der Waals surface area contributed by atoms with Gasteiger partial charge in [-0.05, 0) is 18.2 Å². The highest BCUT2D eigenvalue weighted by Crippen LogP contribution is 2.34. The second kappa shape index (κ2) is 5.69. The molecule has 0 spiro atoms. The van der Waals surface area contributed by atoms with Crippen molar-refractivity contribution in [3.63, 3.8) is 0 Å². The van der Waals surface area contributed by atoms with Crippen LogP contribution in [0.3, 0.4) is 0 Å². The van der Waals surface area contributed by atoms with Crippen LogP contribution >= 0.6 is 23.4 Å². The Bertz CT molecular complexity index is 685. The van der Waals surface area contributed by atoms with Gasteiger partial charge in [0.1, 0.15) is 11.1 Å². The smallest absolute Gasteiger partial charge is 0.258 e. The van der Waals surface area contributed by atoms with Crippen LogP contribution in [0.5, 0.6) is 0 Å². The molecule has 2 rings (SSSR count). The maximum absolute atomic E-state index is 10.6. The molecule has 5 nitrogen and oxygen atoms in total. The van der Waals surface area contributed by atoms with Gasteiger partial charge < -0.3 is 0 Å². The number of hydrogen-bond donors (Lipinski definition) is 0. The van der Waals surface area contributed by atoms with E-state index < -0.39 is 4.92 Å². The number of halogens is 1. The summed E-state index contributed by atoms with van der Waals surface area (Å²) in [6.45, 7) is 0. The number of pyridine rings is 1. The molecular formula is C12H6ClN3O2S. The molecule has 19 heavy (non-hydrogen) atoms. The van der Waals surface area contributed by atoms with E-state index in [2.05, 4.69) is 4.98 Å². The highest BCUT2D eigenvalue weighted by molar-refractivity contribution is 7.99. The molecule has 0 atom stereocenters. The molecule has 0 bridgehead atoms. The van der Waals surface area contributed by atoms with Crippen LogP contribution in [0.25, 0.3) is 0 Å². The van der Waals surface area contributed by atoms with Crippen LogP contribution in [0.4, 0.5) is 5.69 Å². The van der Waals surface area contributed by atoms with Gasteiger partial charge in [-0.1, -0.05) is 23.4 Å². The number of nitro benzene ring substituents is 1. The van der Waals surface area contributed by atoms with E-state index in [1.54, 1.807) is 18.3 Å². The first kappa shape index (κ1) is 13.3. The van der Waals surface area contributed by atoms with Gasteiger partial charge in [-0.2, -0.15) is 5.26 Å². The minimum absolute atomic E-state index is 0.118. The summed E-state index contributed by atoms with van der Waals surface area (Å²) in [6.07, 6.45) is 1.59. The molecule has 0 aliphatic rings. The van der Waals surface area contributed by atoms with Gasteiger partial charge in [0.15, 0.2) is 0 Å².